The third kappa shape index (κ3) is 4.10. The maximum absolute atomic E-state index is 6.50. The molecule has 0 bridgehead atoms. The largest absolute Gasteiger partial charge is 0.496 e. The highest BCUT2D eigenvalue weighted by molar-refractivity contribution is 6.32. The highest BCUT2D eigenvalue weighted by Gasteiger charge is 2.42. The lowest BCUT2D eigenvalue weighted by Crippen LogP contribution is -2.34. The van der Waals surface area contributed by atoms with Crippen molar-refractivity contribution >= 4 is 17.3 Å². The molecule has 0 saturated heterocycles. The SMILES string of the molecule is CCOc1ccc(C2=NN3[C@H](C2)c2ccccc2O[C@H]3c2cc(OC)c(OC)cc2OC)cc1Cl. The van der Waals surface area contributed by atoms with Gasteiger partial charge in [0.15, 0.2) is 11.5 Å². The van der Waals surface area contributed by atoms with Crippen molar-refractivity contribution in [3.05, 3.63) is 76.3 Å². The molecule has 0 spiro atoms. The molecule has 0 saturated carbocycles. The van der Waals surface area contributed by atoms with E-state index in [0.29, 0.717) is 41.0 Å². The summed E-state index contributed by atoms with van der Waals surface area (Å²) < 4.78 is 28.9. The second kappa shape index (κ2) is 9.58. The summed E-state index contributed by atoms with van der Waals surface area (Å²) in [6.45, 7) is 2.49. The van der Waals surface area contributed by atoms with Crippen molar-refractivity contribution in [3.63, 3.8) is 0 Å². The number of hydrazone groups is 1. The fourth-order valence-corrected chi connectivity index (χ4v) is 4.85. The number of para-hydroxylation sites is 1. The lowest BCUT2D eigenvalue weighted by atomic mass is 9.95. The van der Waals surface area contributed by atoms with Crippen LogP contribution in [-0.2, 0) is 0 Å². The minimum absolute atomic E-state index is 0.0110. The molecule has 8 heteroatoms. The van der Waals surface area contributed by atoms with Gasteiger partial charge in [-0.25, -0.2) is 5.01 Å². The number of nitrogens with zero attached hydrogens (tertiary/aromatic N) is 2. The minimum atomic E-state index is -0.527. The summed E-state index contributed by atoms with van der Waals surface area (Å²) in [5.74, 6) is 3.27. The van der Waals surface area contributed by atoms with Gasteiger partial charge in [0.25, 0.3) is 0 Å². The van der Waals surface area contributed by atoms with Crippen LogP contribution in [0.15, 0.2) is 59.7 Å². The van der Waals surface area contributed by atoms with E-state index in [1.807, 2.05) is 54.4 Å². The van der Waals surface area contributed by atoms with Gasteiger partial charge in [-0.2, -0.15) is 5.10 Å². The van der Waals surface area contributed by atoms with Crippen molar-refractivity contribution in [3.8, 4) is 28.7 Å². The summed E-state index contributed by atoms with van der Waals surface area (Å²) in [5.41, 5.74) is 3.74. The van der Waals surface area contributed by atoms with Crippen molar-refractivity contribution in [2.24, 2.45) is 5.10 Å². The van der Waals surface area contributed by atoms with Gasteiger partial charge in [0.2, 0.25) is 6.23 Å². The van der Waals surface area contributed by atoms with E-state index >= 15 is 0 Å². The first-order valence-corrected chi connectivity index (χ1v) is 11.8. The van der Waals surface area contributed by atoms with Crippen molar-refractivity contribution < 1.29 is 23.7 Å². The molecule has 2 atom stereocenters. The van der Waals surface area contributed by atoms with E-state index < -0.39 is 6.23 Å². The van der Waals surface area contributed by atoms with Gasteiger partial charge in [-0.05, 0) is 42.8 Å². The first kappa shape index (κ1) is 23.2. The summed E-state index contributed by atoms with van der Waals surface area (Å²) >= 11 is 6.49. The first-order valence-electron chi connectivity index (χ1n) is 11.4. The third-order valence-corrected chi connectivity index (χ3v) is 6.56. The lowest BCUT2D eigenvalue weighted by Gasteiger charge is -2.38. The predicted molar refractivity (Wildman–Crippen MR) is 134 cm³/mol. The molecule has 2 aliphatic heterocycles. The van der Waals surface area contributed by atoms with Gasteiger partial charge in [-0.3, -0.25) is 0 Å². The fraction of sp³-hybridized carbons (Fsp3) is 0.296. The van der Waals surface area contributed by atoms with Crippen molar-refractivity contribution in [1.82, 2.24) is 5.01 Å². The van der Waals surface area contributed by atoms with E-state index in [1.54, 1.807) is 27.4 Å². The Labute approximate surface area is 209 Å². The van der Waals surface area contributed by atoms with Crippen molar-refractivity contribution in [1.29, 1.82) is 0 Å². The summed E-state index contributed by atoms with van der Waals surface area (Å²) in [6.07, 6.45) is 0.178. The molecule has 0 radical (unpaired) electrons. The average Bonchev–Trinajstić information content (AvgIpc) is 3.34. The van der Waals surface area contributed by atoms with Gasteiger partial charge in [0, 0.05) is 18.1 Å². The Hall–Kier alpha value is -3.58. The molecule has 0 aliphatic carbocycles. The van der Waals surface area contributed by atoms with Gasteiger partial charge in [0.05, 0.1) is 50.3 Å². The molecule has 5 rings (SSSR count). The van der Waals surface area contributed by atoms with Crippen LogP contribution in [0, 0.1) is 0 Å². The number of hydrogen-bond acceptors (Lipinski definition) is 7. The molecule has 3 aromatic carbocycles. The zero-order valence-corrected chi connectivity index (χ0v) is 20.8. The molecule has 0 unspecified atom stereocenters. The van der Waals surface area contributed by atoms with Crippen LogP contribution in [0.1, 0.15) is 42.3 Å². The van der Waals surface area contributed by atoms with Gasteiger partial charge >= 0.3 is 0 Å². The maximum atomic E-state index is 6.50. The molecule has 3 aromatic rings. The van der Waals surface area contributed by atoms with E-state index in [-0.39, 0.29) is 6.04 Å². The third-order valence-electron chi connectivity index (χ3n) is 6.27. The van der Waals surface area contributed by atoms with Crippen LogP contribution in [0.3, 0.4) is 0 Å². The number of methoxy groups -OCH3 is 3. The van der Waals surface area contributed by atoms with Crippen LogP contribution in [0.25, 0.3) is 0 Å². The first-order chi connectivity index (χ1) is 17.1. The van der Waals surface area contributed by atoms with Gasteiger partial charge in [0.1, 0.15) is 17.2 Å². The van der Waals surface area contributed by atoms with Gasteiger partial charge < -0.3 is 23.7 Å². The standard InChI is InChI=1S/C27H27ClN2O5/c1-5-34-23-11-10-16(12-19(23)28)20-14-21-17-8-6-7-9-22(17)35-27(30(21)29-20)18-13-25(32-3)26(33-4)15-24(18)31-2/h6-13,15,21,27H,5,14H2,1-4H3/t21-,27+/m1/s1. The van der Waals surface area contributed by atoms with Crippen LogP contribution < -0.4 is 23.7 Å². The Kier molecular flexibility index (Phi) is 6.34. The molecule has 182 valence electrons. The van der Waals surface area contributed by atoms with Crippen LogP contribution in [-0.4, -0.2) is 38.7 Å². The quantitative estimate of drug-likeness (QED) is 0.401. The Balaban J connectivity index is 1.60. The number of rotatable bonds is 7. The molecule has 0 N–H and O–H groups in total. The highest BCUT2D eigenvalue weighted by atomic mass is 35.5. The number of halogens is 1. The molecular weight excluding hydrogens is 468 g/mol. The Morgan fingerprint density at radius 1 is 0.914 bits per heavy atom. The summed E-state index contributed by atoms with van der Waals surface area (Å²) in [5, 5.41) is 7.58. The number of fused-ring (bicyclic) bond motifs is 3. The Bertz CT molecular complexity index is 1280. The molecule has 2 heterocycles. The van der Waals surface area contributed by atoms with E-state index in [4.69, 9.17) is 40.4 Å². The van der Waals surface area contributed by atoms with Crippen LogP contribution in [0.5, 0.6) is 28.7 Å². The molecule has 0 fully saturated rings. The van der Waals surface area contributed by atoms with E-state index in [9.17, 15) is 0 Å². The lowest BCUT2D eigenvalue weighted by molar-refractivity contribution is -0.0205. The summed E-state index contributed by atoms with van der Waals surface area (Å²) in [7, 11) is 4.83. The van der Waals surface area contributed by atoms with Crippen molar-refractivity contribution in [2.75, 3.05) is 27.9 Å². The minimum Gasteiger partial charge on any atom is -0.496 e. The molecule has 35 heavy (non-hydrogen) atoms. The highest BCUT2D eigenvalue weighted by Crippen LogP contribution is 2.50. The molecule has 0 aromatic heterocycles. The molecule has 0 amide bonds. The van der Waals surface area contributed by atoms with Crippen LogP contribution in [0.4, 0.5) is 0 Å². The van der Waals surface area contributed by atoms with E-state index in [2.05, 4.69) is 6.07 Å². The molecule has 2 aliphatic rings. The summed E-state index contributed by atoms with van der Waals surface area (Å²) in [6, 6.07) is 17.5. The number of benzene rings is 3. The van der Waals surface area contributed by atoms with Crippen molar-refractivity contribution in [2.45, 2.75) is 25.6 Å². The number of hydrogen-bond donors (Lipinski definition) is 0. The molecule has 7 nitrogen and oxygen atoms in total. The molecular formula is C27H27ClN2O5. The second-order valence-electron chi connectivity index (χ2n) is 8.18. The smallest absolute Gasteiger partial charge is 0.217 e. The van der Waals surface area contributed by atoms with E-state index in [1.165, 1.54) is 0 Å². The van der Waals surface area contributed by atoms with E-state index in [0.717, 1.165) is 28.2 Å². The maximum Gasteiger partial charge on any atom is 0.217 e. The second-order valence-corrected chi connectivity index (χ2v) is 8.59. The normalized spacial score (nSPS) is 18.2. The Morgan fingerprint density at radius 3 is 2.37 bits per heavy atom. The zero-order chi connectivity index (χ0) is 24.5. The Morgan fingerprint density at radius 2 is 1.66 bits per heavy atom. The average molecular weight is 495 g/mol. The van der Waals surface area contributed by atoms with Gasteiger partial charge in [-0.1, -0.05) is 29.8 Å². The number of ether oxygens (including phenoxy) is 5. The monoisotopic (exact) mass is 494 g/mol. The van der Waals surface area contributed by atoms with Gasteiger partial charge in [-0.15, -0.1) is 0 Å². The topological polar surface area (TPSA) is 61.8 Å². The van der Waals surface area contributed by atoms with Crippen LogP contribution >= 0.6 is 11.6 Å². The fourth-order valence-electron chi connectivity index (χ4n) is 4.61. The summed E-state index contributed by atoms with van der Waals surface area (Å²) in [4.78, 5) is 0. The zero-order valence-electron chi connectivity index (χ0n) is 20.1. The van der Waals surface area contributed by atoms with Crippen LogP contribution in [0.2, 0.25) is 5.02 Å². The predicted octanol–water partition coefficient (Wildman–Crippen LogP) is 6.01.